The van der Waals surface area contributed by atoms with Crippen LogP contribution in [0.25, 0.3) is 0 Å². The monoisotopic (exact) mass is 900 g/mol. The topological polar surface area (TPSA) is 69.6 Å². The maximum atomic E-state index is 12.5. The van der Waals surface area contributed by atoms with E-state index in [-0.39, 0.29) is 12.5 Å². The fourth-order valence-corrected chi connectivity index (χ4v) is 7.80. The molecule has 372 valence electrons. The summed E-state index contributed by atoms with van der Waals surface area (Å²) in [5.74, 6) is -0.0816. The normalized spacial score (nSPS) is 13.7. The molecule has 2 unspecified atom stereocenters. The van der Waals surface area contributed by atoms with E-state index in [1.165, 1.54) is 154 Å². The molecule has 0 aromatic carbocycles. The van der Waals surface area contributed by atoms with E-state index >= 15 is 0 Å². The van der Waals surface area contributed by atoms with Crippen molar-refractivity contribution in [1.29, 1.82) is 0 Å². The van der Waals surface area contributed by atoms with Gasteiger partial charge in [0, 0.05) is 6.42 Å². The molecule has 0 bridgehead atoms. The summed E-state index contributed by atoms with van der Waals surface area (Å²) < 4.78 is 0. The Balaban J connectivity index is 3.59. The standard InChI is InChI=1S/C61H105NO3/c1-3-5-7-9-11-13-15-17-19-21-23-25-26-27-28-29-30-31-32-33-34-35-36-37-39-41-43-45-47-49-51-53-55-57-61(65)62-59(58-63)60(64)56-54-52-50-48-46-44-42-40-38-24-22-20-18-16-14-12-10-8-6-4-2/h5,7,11,13,17,19,23,25,27-28,30-31,38,40,46,48,54,56,59-60,63-64H,3-4,6,8-10,12,14-16,18,20-22,24,26,29,32-37,39,41-45,47,49-53,55,57-58H2,1-2H3,(H,62,65)/b7-5-,13-11-,19-17-,25-23-,28-27-,31-30-,40-38+,48-46+,56-54+. The summed E-state index contributed by atoms with van der Waals surface area (Å²) in [6.07, 6.45) is 83.8. The molecule has 0 radical (unpaired) electrons. The van der Waals surface area contributed by atoms with E-state index in [9.17, 15) is 15.0 Å². The average Bonchev–Trinajstić information content (AvgIpc) is 3.31. The Morgan fingerprint density at radius 2 is 0.692 bits per heavy atom. The van der Waals surface area contributed by atoms with Gasteiger partial charge in [-0.2, -0.15) is 0 Å². The second-order valence-corrected chi connectivity index (χ2v) is 18.2. The summed E-state index contributed by atoms with van der Waals surface area (Å²) in [5, 5.41) is 23.1. The van der Waals surface area contributed by atoms with Crippen LogP contribution >= 0.6 is 0 Å². The van der Waals surface area contributed by atoms with Crippen molar-refractivity contribution in [2.24, 2.45) is 0 Å². The van der Waals surface area contributed by atoms with Gasteiger partial charge in [0.2, 0.25) is 5.91 Å². The Hall–Kier alpha value is -2.95. The maximum absolute atomic E-state index is 12.5. The smallest absolute Gasteiger partial charge is 0.220 e. The molecule has 0 aromatic rings. The average molecular weight is 901 g/mol. The first kappa shape index (κ1) is 62.1. The molecule has 3 N–H and O–H groups in total. The van der Waals surface area contributed by atoms with Crippen LogP contribution in [-0.2, 0) is 4.79 Å². The van der Waals surface area contributed by atoms with Crippen LogP contribution in [0.1, 0.15) is 251 Å². The first-order valence-corrected chi connectivity index (χ1v) is 27.6. The van der Waals surface area contributed by atoms with Crippen LogP contribution in [0.4, 0.5) is 0 Å². The van der Waals surface area contributed by atoms with Crippen molar-refractivity contribution in [2.75, 3.05) is 6.61 Å². The van der Waals surface area contributed by atoms with Crippen molar-refractivity contribution in [3.05, 3.63) is 109 Å². The summed E-state index contributed by atoms with van der Waals surface area (Å²) in [6, 6.07) is -0.652. The first-order chi connectivity index (χ1) is 32.2. The highest BCUT2D eigenvalue weighted by Crippen LogP contribution is 2.15. The zero-order valence-corrected chi connectivity index (χ0v) is 42.7. The Morgan fingerprint density at radius 3 is 1.08 bits per heavy atom. The Labute approximate surface area is 404 Å². The van der Waals surface area contributed by atoms with Gasteiger partial charge in [0.15, 0.2) is 0 Å². The predicted octanol–water partition coefficient (Wildman–Crippen LogP) is 18.3. The number of rotatable bonds is 49. The fourth-order valence-electron chi connectivity index (χ4n) is 7.80. The molecule has 0 rings (SSSR count). The van der Waals surface area contributed by atoms with Gasteiger partial charge in [0.1, 0.15) is 0 Å². The molecule has 0 aliphatic heterocycles. The molecule has 0 aliphatic rings. The number of carbonyl (C=O) groups excluding carboxylic acids is 1. The summed E-state index contributed by atoms with van der Waals surface area (Å²) in [7, 11) is 0. The van der Waals surface area contributed by atoms with E-state index in [1.807, 2.05) is 6.08 Å². The highest BCUT2D eigenvalue weighted by atomic mass is 16.3. The minimum atomic E-state index is -0.877. The van der Waals surface area contributed by atoms with E-state index in [0.29, 0.717) is 6.42 Å². The molecule has 4 heteroatoms. The van der Waals surface area contributed by atoms with Gasteiger partial charge in [-0.1, -0.05) is 258 Å². The lowest BCUT2D eigenvalue weighted by Crippen LogP contribution is -2.45. The van der Waals surface area contributed by atoms with Gasteiger partial charge in [-0.25, -0.2) is 0 Å². The highest BCUT2D eigenvalue weighted by molar-refractivity contribution is 5.76. The largest absolute Gasteiger partial charge is 0.394 e. The van der Waals surface area contributed by atoms with Crippen LogP contribution in [0.2, 0.25) is 0 Å². The van der Waals surface area contributed by atoms with Crippen LogP contribution in [0, 0.1) is 0 Å². The lowest BCUT2D eigenvalue weighted by atomic mass is 10.0. The van der Waals surface area contributed by atoms with Crippen molar-refractivity contribution >= 4 is 5.91 Å². The summed E-state index contributed by atoms with van der Waals surface area (Å²) in [4.78, 5) is 12.5. The van der Waals surface area contributed by atoms with Crippen molar-refractivity contribution in [2.45, 2.75) is 264 Å². The minimum absolute atomic E-state index is 0.0816. The van der Waals surface area contributed by atoms with Crippen LogP contribution in [-0.4, -0.2) is 34.9 Å². The number of nitrogens with one attached hydrogen (secondary N) is 1. The van der Waals surface area contributed by atoms with Crippen LogP contribution in [0.15, 0.2) is 109 Å². The van der Waals surface area contributed by atoms with Crippen molar-refractivity contribution in [3.8, 4) is 0 Å². The van der Waals surface area contributed by atoms with Gasteiger partial charge in [-0.3, -0.25) is 4.79 Å². The summed E-state index contributed by atoms with van der Waals surface area (Å²) >= 11 is 0. The van der Waals surface area contributed by atoms with Gasteiger partial charge in [-0.15, -0.1) is 0 Å². The number of carbonyl (C=O) groups is 1. The van der Waals surface area contributed by atoms with Crippen LogP contribution in [0.3, 0.4) is 0 Å². The molecule has 0 aromatic heterocycles. The zero-order valence-electron chi connectivity index (χ0n) is 42.7. The quantitative estimate of drug-likeness (QED) is 0.0421. The number of hydrogen-bond donors (Lipinski definition) is 3. The third-order valence-electron chi connectivity index (χ3n) is 12.0. The van der Waals surface area contributed by atoms with E-state index in [0.717, 1.165) is 77.0 Å². The molecular formula is C61H105NO3. The third-order valence-corrected chi connectivity index (χ3v) is 12.0. The molecule has 0 fully saturated rings. The second-order valence-electron chi connectivity index (χ2n) is 18.2. The van der Waals surface area contributed by atoms with E-state index in [1.54, 1.807) is 6.08 Å². The van der Waals surface area contributed by atoms with Crippen LogP contribution < -0.4 is 5.32 Å². The number of allylic oxidation sites excluding steroid dienone is 17. The van der Waals surface area contributed by atoms with Gasteiger partial charge in [0.25, 0.3) is 0 Å². The molecule has 4 nitrogen and oxygen atoms in total. The number of unbranched alkanes of at least 4 members (excludes halogenated alkanes) is 26. The number of aliphatic hydroxyl groups excluding tert-OH is 2. The minimum Gasteiger partial charge on any atom is -0.394 e. The van der Waals surface area contributed by atoms with Crippen molar-refractivity contribution in [1.82, 2.24) is 5.32 Å². The van der Waals surface area contributed by atoms with Crippen LogP contribution in [0.5, 0.6) is 0 Å². The van der Waals surface area contributed by atoms with Gasteiger partial charge in [-0.05, 0) is 96.3 Å². The van der Waals surface area contributed by atoms with E-state index < -0.39 is 12.1 Å². The van der Waals surface area contributed by atoms with Gasteiger partial charge >= 0.3 is 0 Å². The predicted molar refractivity (Wildman–Crippen MR) is 289 cm³/mol. The molecule has 2 atom stereocenters. The maximum Gasteiger partial charge on any atom is 0.220 e. The number of amides is 1. The Kier molecular flexibility index (Phi) is 52.9. The second kappa shape index (κ2) is 55.4. The highest BCUT2D eigenvalue weighted by Gasteiger charge is 2.17. The summed E-state index contributed by atoms with van der Waals surface area (Å²) in [6.45, 7) is 4.18. The molecule has 0 saturated heterocycles. The number of hydrogen-bond acceptors (Lipinski definition) is 3. The molecule has 0 heterocycles. The molecule has 0 saturated carbocycles. The molecule has 0 spiro atoms. The fraction of sp³-hybridized carbons (Fsp3) is 0.689. The summed E-state index contributed by atoms with van der Waals surface area (Å²) in [5.41, 5.74) is 0. The van der Waals surface area contributed by atoms with Gasteiger partial charge in [0.05, 0.1) is 18.8 Å². The van der Waals surface area contributed by atoms with Crippen molar-refractivity contribution in [3.63, 3.8) is 0 Å². The van der Waals surface area contributed by atoms with E-state index in [4.69, 9.17) is 0 Å². The third kappa shape index (κ3) is 51.9. The zero-order chi connectivity index (χ0) is 47.0. The first-order valence-electron chi connectivity index (χ1n) is 27.6. The lowest BCUT2D eigenvalue weighted by Gasteiger charge is -2.19. The number of aliphatic hydroxyl groups is 2. The molecule has 0 aliphatic carbocycles. The van der Waals surface area contributed by atoms with Crippen molar-refractivity contribution < 1.29 is 15.0 Å². The molecule has 1 amide bonds. The van der Waals surface area contributed by atoms with Gasteiger partial charge < -0.3 is 15.5 Å². The van der Waals surface area contributed by atoms with E-state index in [2.05, 4.69) is 116 Å². The Morgan fingerprint density at radius 1 is 0.385 bits per heavy atom. The Bertz CT molecular complexity index is 1250. The molecular weight excluding hydrogens is 795 g/mol. The lowest BCUT2D eigenvalue weighted by molar-refractivity contribution is -0.123. The molecule has 65 heavy (non-hydrogen) atoms. The SMILES string of the molecule is CC/C=C\C/C=C\C/C=C\C/C=C\C/C=C\C/C=C\CCCCCCCCCCCCCCCCC(=O)NC(CO)C(O)/C=C/CC/C=C/CC/C=C/CCCCCCCCCCCC.